The van der Waals surface area contributed by atoms with E-state index in [2.05, 4.69) is 86.4 Å². The van der Waals surface area contributed by atoms with Crippen molar-refractivity contribution in [1.29, 1.82) is 0 Å². The molecule has 116 valence electrons. The molecule has 3 aromatic carbocycles. The zero-order valence-corrected chi connectivity index (χ0v) is 19.4. The summed E-state index contributed by atoms with van der Waals surface area (Å²) in [5.41, 5.74) is 1.51. The predicted molar refractivity (Wildman–Crippen MR) is 88.6 cm³/mol. The maximum atomic E-state index is 2.40. The van der Waals surface area contributed by atoms with Crippen LogP contribution in [0.2, 0.25) is 19.6 Å². The van der Waals surface area contributed by atoms with Crippen molar-refractivity contribution in [3.05, 3.63) is 72.3 Å². The van der Waals surface area contributed by atoms with Crippen LogP contribution in [0.3, 0.4) is 0 Å². The first-order valence-corrected chi connectivity index (χ1v) is 10.6. The molecule has 3 rings (SSSR count). The fourth-order valence-electron chi connectivity index (χ4n) is 2.21. The van der Waals surface area contributed by atoms with Crippen molar-refractivity contribution in [3.63, 3.8) is 0 Å². The molecule has 0 spiro atoms. The molecule has 0 aliphatic rings. The van der Waals surface area contributed by atoms with E-state index < -0.39 is 8.07 Å². The Morgan fingerprint density at radius 1 is 0.909 bits per heavy atom. The summed E-state index contributed by atoms with van der Waals surface area (Å²) in [7, 11) is -0.862. The molecule has 0 amide bonds. The van der Waals surface area contributed by atoms with E-state index in [0.29, 0.717) is 0 Å². The van der Waals surface area contributed by atoms with Gasteiger partial charge in [0.2, 0.25) is 0 Å². The van der Waals surface area contributed by atoms with Crippen LogP contribution in [0, 0.1) is 0 Å². The van der Waals surface area contributed by atoms with E-state index in [1.165, 1.54) is 22.4 Å². The minimum atomic E-state index is -0.862. The molecule has 0 saturated carbocycles. The van der Waals surface area contributed by atoms with Gasteiger partial charge in [-0.05, 0) is 0 Å². The van der Waals surface area contributed by atoms with Gasteiger partial charge in [0, 0.05) is 8.07 Å². The largest absolute Gasteiger partial charge is 4.00 e. The molecular formula is C18H22Cl2HfSi. The molecule has 0 atom stereocenters. The molecule has 0 aliphatic carbocycles. The molecule has 0 unspecified atom stereocenters. The number of rotatable bonds is 2. The molecule has 4 heteroatoms. The molecule has 0 heterocycles. The molecule has 0 N–H and O–H groups in total. The molecule has 0 nitrogen and oxygen atoms in total. The number of hydrogen-bond acceptors (Lipinski definition) is 0. The van der Waals surface area contributed by atoms with Gasteiger partial charge in [0.1, 0.15) is 0 Å². The average Bonchev–Trinajstić information content (AvgIpc) is 2.97. The van der Waals surface area contributed by atoms with Crippen molar-refractivity contribution in [1.82, 2.24) is 0 Å². The van der Waals surface area contributed by atoms with E-state index in [-0.39, 0.29) is 50.7 Å². The zero-order chi connectivity index (χ0) is 13.7. The summed E-state index contributed by atoms with van der Waals surface area (Å²) in [5, 5.41) is 2.66. The van der Waals surface area contributed by atoms with Gasteiger partial charge in [0.05, 0.1) is 0 Å². The van der Waals surface area contributed by atoms with Crippen molar-refractivity contribution >= 4 is 18.8 Å². The van der Waals surface area contributed by atoms with E-state index in [4.69, 9.17) is 0 Å². The summed E-state index contributed by atoms with van der Waals surface area (Å²) >= 11 is 0. The van der Waals surface area contributed by atoms with Gasteiger partial charge in [0.25, 0.3) is 0 Å². The monoisotopic (exact) mass is 516 g/mol. The number of fused-ring (bicyclic) bond motifs is 1. The number of benzene rings is 1. The fraction of sp³-hybridized carbons (Fsp3) is 0.222. The van der Waals surface area contributed by atoms with E-state index in [1.807, 2.05) is 0 Å². The minimum absolute atomic E-state index is 0. The van der Waals surface area contributed by atoms with Crippen molar-refractivity contribution < 1.29 is 50.7 Å². The summed E-state index contributed by atoms with van der Waals surface area (Å²) in [6.07, 6.45) is 0. The Labute approximate surface area is 166 Å². The summed E-state index contributed by atoms with van der Waals surface area (Å²) in [6.45, 7) is 7.21. The first-order valence-electron chi connectivity index (χ1n) is 6.86. The summed E-state index contributed by atoms with van der Waals surface area (Å²) in [5.74, 6) is 0. The zero-order valence-electron chi connectivity index (χ0n) is 13.3. The Bertz CT molecular complexity index is 579. The van der Waals surface area contributed by atoms with E-state index in [1.54, 1.807) is 0 Å². The van der Waals surface area contributed by atoms with Crippen molar-refractivity contribution in [3.8, 4) is 0 Å². The number of hydrogen-bond donors (Lipinski definition) is 0. The van der Waals surface area contributed by atoms with Gasteiger partial charge in [-0.2, -0.15) is 35.2 Å². The van der Waals surface area contributed by atoms with Crippen LogP contribution >= 0.6 is 0 Å². The van der Waals surface area contributed by atoms with E-state index in [9.17, 15) is 0 Å². The first kappa shape index (κ1) is 24.1. The van der Waals surface area contributed by atoms with Crippen LogP contribution in [-0.4, -0.2) is 8.07 Å². The second-order valence-corrected chi connectivity index (χ2v) is 11.7. The summed E-state index contributed by atoms with van der Waals surface area (Å²) < 4.78 is 0. The third-order valence-electron chi connectivity index (χ3n) is 3.01. The molecule has 0 fully saturated rings. The maximum absolute atomic E-state index is 2.40. The molecule has 22 heavy (non-hydrogen) atoms. The topological polar surface area (TPSA) is 0 Å². The van der Waals surface area contributed by atoms with Crippen LogP contribution in [0.4, 0.5) is 0 Å². The molecule has 0 aliphatic heterocycles. The predicted octanol–water partition coefficient (Wildman–Crippen LogP) is -0.610. The Morgan fingerprint density at radius 3 is 2.05 bits per heavy atom. The van der Waals surface area contributed by atoms with Crippen LogP contribution < -0.4 is 24.8 Å². The van der Waals surface area contributed by atoms with Gasteiger partial charge in [-0.3, -0.25) is 0 Å². The van der Waals surface area contributed by atoms with E-state index in [0.717, 1.165) is 0 Å². The van der Waals surface area contributed by atoms with Gasteiger partial charge in [-0.25, -0.2) is 12.1 Å². The normalized spacial score (nSPS) is 9.59. The van der Waals surface area contributed by atoms with Crippen LogP contribution in [0.5, 0.6) is 0 Å². The SMILES string of the molecule is C[Si](C)(C)C[c-]1cccc1.[Cl-].[Cl-].[Hf+4].c1ccc2[cH-]ccc2c1. The van der Waals surface area contributed by atoms with Gasteiger partial charge in [-0.15, -0.1) is 29.7 Å². The Hall–Kier alpha value is -0.153. The van der Waals surface area contributed by atoms with Gasteiger partial charge in [-0.1, -0.05) is 31.8 Å². The average molecular weight is 516 g/mol. The Balaban J connectivity index is 0. The molecule has 0 bridgehead atoms. The molecule has 0 aromatic heterocycles. The second kappa shape index (κ2) is 11.4. The Morgan fingerprint density at radius 2 is 1.50 bits per heavy atom. The summed E-state index contributed by atoms with van der Waals surface area (Å²) in [6, 6.07) is 24.7. The standard InChI is InChI=1S/C9H15Si.C9H7.2ClH.Hf/c1-10(2,3)8-9-6-4-5-7-9;1-2-5-9-7-3-6-8(9)4-1;;;/h4-7H,8H2,1-3H3;1-7H;2*1H;/q2*-1;;;+4/p-2. The van der Waals surface area contributed by atoms with Crippen LogP contribution in [-0.2, 0) is 31.9 Å². The minimum Gasteiger partial charge on any atom is -1.00 e. The third-order valence-corrected chi connectivity index (χ3v) is 4.48. The van der Waals surface area contributed by atoms with Crippen molar-refractivity contribution in [2.45, 2.75) is 25.7 Å². The maximum Gasteiger partial charge on any atom is 4.00 e. The van der Waals surface area contributed by atoms with Crippen LogP contribution in [0.15, 0.2) is 66.7 Å². The van der Waals surface area contributed by atoms with Gasteiger partial charge >= 0.3 is 25.8 Å². The third kappa shape index (κ3) is 8.47. The first-order chi connectivity index (χ1) is 9.04. The van der Waals surface area contributed by atoms with Gasteiger partial charge in [0.15, 0.2) is 0 Å². The Kier molecular flexibility index (Phi) is 12.5. The summed E-state index contributed by atoms with van der Waals surface area (Å²) in [4.78, 5) is 0. The molecular weight excluding hydrogens is 494 g/mol. The smallest absolute Gasteiger partial charge is 1.00 e. The molecule has 0 radical (unpaired) electrons. The van der Waals surface area contributed by atoms with Gasteiger partial charge < -0.3 is 24.8 Å². The van der Waals surface area contributed by atoms with E-state index >= 15 is 0 Å². The van der Waals surface area contributed by atoms with Crippen LogP contribution in [0.25, 0.3) is 10.8 Å². The van der Waals surface area contributed by atoms with Crippen LogP contribution in [0.1, 0.15) is 5.56 Å². The van der Waals surface area contributed by atoms with Crippen molar-refractivity contribution in [2.24, 2.45) is 0 Å². The second-order valence-electron chi connectivity index (χ2n) is 6.19. The fourth-order valence-corrected chi connectivity index (χ4v) is 3.67. The quantitative estimate of drug-likeness (QED) is 0.316. The molecule has 3 aromatic rings. The van der Waals surface area contributed by atoms with Crippen molar-refractivity contribution in [2.75, 3.05) is 0 Å². The number of halogens is 2. The molecule has 0 saturated heterocycles.